The number of ether oxygens (including phenoxy) is 1. The average Bonchev–Trinajstić information content (AvgIpc) is 3.37. The van der Waals surface area contributed by atoms with E-state index in [0.717, 1.165) is 36.1 Å². The molecule has 2 fully saturated rings. The quantitative estimate of drug-likeness (QED) is 0.324. The number of rotatable bonds is 7. The average molecular weight is 540 g/mol. The summed E-state index contributed by atoms with van der Waals surface area (Å²) in [5, 5.41) is 7.00. The lowest BCUT2D eigenvalue weighted by molar-refractivity contribution is -0.165. The number of pyridine rings is 1. The maximum Gasteiger partial charge on any atom is 0.256 e. The van der Waals surface area contributed by atoms with E-state index in [1.807, 2.05) is 42.0 Å². The van der Waals surface area contributed by atoms with Gasteiger partial charge in [0.25, 0.3) is 5.91 Å². The number of nitrogens with two attached hydrogens (primary N) is 1. The number of fused-ring (bicyclic) bond motifs is 1. The van der Waals surface area contributed by atoms with Crippen LogP contribution in [0, 0.1) is 5.41 Å². The monoisotopic (exact) mass is 539 g/mol. The fourth-order valence-electron chi connectivity index (χ4n) is 5.88. The van der Waals surface area contributed by atoms with Crippen LogP contribution >= 0.6 is 0 Å². The first-order valence-electron chi connectivity index (χ1n) is 13.7. The largest absolute Gasteiger partial charge is 0.383 e. The van der Waals surface area contributed by atoms with E-state index in [4.69, 9.17) is 10.5 Å². The zero-order chi connectivity index (χ0) is 27.9. The molecule has 1 aromatic carbocycles. The number of ketones is 1. The van der Waals surface area contributed by atoms with Crippen molar-refractivity contribution in [2.24, 2.45) is 5.41 Å². The number of aromatic nitrogens is 4. The van der Waals surface area contributed by atoms with Crippen LogP contribution in [-0.2, 0) is 21.5 Å². The van der Waals surface area contributed by atoms with Crippen molar-refractivity contribution in [1.29, 1.82) is 0 Å². The number of aryl methyl sites for hydroxylation is 1. The highest BCUT2D eigenvalue weighted by Gasteiger charge is 2.53. The van der Waals surface area contributed by atoms with Gasteiger partial charge >= 0.3 is 0 Å². The summed E-state index contributed by atoms with van der Waals surface area (Å²) in [5.74, 6) is 0.758. The summed E-state index contributed by atoms with van der Waals surface area (Å²) < 4.78 is 7.46. The molecule has 2 aliphatic rings. The minimum Gasteiger partial charge on any atom is -0.383 e. The van der Waals surface area contributed by atoms with Crippen molar-refractivity contribution in [2.75, 3.05) is 37.4 Å². The molecule has 10 nitrogen and oxygen atoms in total. The topological polar surface area (TPSA) is 137 Å². The molecule has 0 saturated carbocycles. The number of hydrogen-bond donors (Lipinski definition) is 3. The zero-order valence-electron chi connectivity index (χ0n) is 22.7. The van der Waals surface area contributed by atoms with Gasteiger partial charge in [-0.2, -0.15) is 0 Å². The van der Waals surface area contributed by atoms with Gasteiger partial charge in [0.1, 0.15) is 29.1 Å². The van der Waals surface area contributed by atoms with Crippen LogP contribution in [0.3, 0.4) is 0 Å². The Morgan fingerprint density at radius 2 is 1.95 bits per heavy atom. The molecule has 40 heavy (non-hydrogen) atoms. The van der Waals surface area contributed by atoms with Crippen LogP contribution in [0.1, 0.15) is 42.6 Å². The number of hydrogen-bond acceptors (Lipinski definition) is 8. The van der Waals surface area contributed by atoms with Gasteiger partial charge in [-0.05, 0) is 68.1 Å². The van der Waals surface area contributed by atoms with Crippen LogP contribution in [-0.4, -0.2) is 57.5 Å². The lowest BCUT2D eigenvalue weighted by Crippen LogP contribution is -2.61. The summed E-state index contributed by atoms with van der Waals surface area (Å²) in [7, 11) is 0. The molecular formula is C30H33N7O3. The third kappa shape index (κ3) is 4.33. The Labute approximate surface area is 232 Å². The standard InChI is InChI=1S/C30H33N7O3/c1-3-19-9-12-33-23(13-19)36-27(38)21-7-5-20(6-8-21)22-14-37(26-24(22)25(31)34-18-35-26)30(10-4-11-32-15-30)28(39)29(2)16-40-17-29/h5-9,12-14,18,32H,3-4,10-11,15-17H2,1-2H3,(H2,31,34,35)(H,33,36,38)/t30-/m1/s1. The summed E-state index contributed by atoms with van der Waals surface area (Å²) >= 11 is 0. The van der Waals surface area contributed by atoms with Crippen molar-refractivity contribution < 1.29 is 14.3 Å². The van der Waals surface area contributed by atoms with Gasteiger partial charge in [0.2, 0.25) is 0 Å². The van der Waals surface area contributed by atoms with Crippen molar-refractivity contribution in [2.45, 2.75) is 38.6 Å². The molecule has 3 aromatic heterocycles. The van der Waals surface area contributed by atoms with Crippen LogP contribution in [0.25, 0.3) is 22.2 Å². The predicted molar refractivity (Wildman–Crippen MR) is 153 cm³/mol. The second-order valence-electron chi connectivity index (χ2n) is 11.0. The Hall–Kier alpha value is -4.15. The lowest BCUT2D eigenvalue weighted by Gasteiger charge is -2.46. The minimum atomic E-state index is -0.825. The summed E-state index contributed by atoms with van der Waals surface area (Å²) in [6.45, 7) is 6.22. The minimum absolute atomic E-state index is 0.145. The fraction of sp³-hybridized carbons (Fsp3) is 0.367. The lowest BCUT2D eigenvalue weighted by atomic mass is 9.71. The first kappa shape index (κ1) is 26.1. The van der Waals surface area contributed by atoms with E-state index in [9.17, 15) is 9.59 Å². The molecular weight excluding hydrogens is 506 g/mol. The van der Waals surface area contributed by atoms with E-state index >= 15 is 0 Å². The molecule has 0 spiro atoms. The molecule has 2 saturated heterocycles. The molecule has 6 rings (SSSR count). The number of Topliss-reactive ketones (excluding diaryl/α,β-unsaturated/α-hetero) is 1. The van der Waals surface area contributed by atoms with E-state index in [1.54, 1.807) is 18.3 Å². The van der Waals surface area contributed by atoms with Gasteiger partial charge in [-0.15, -0.1) is 0 Å². The number of benzene rings is 1. The van der Waals surface area contributed by atoms with E-state index in [1.165, 1.54) is 6.33 Å². The number of anilines is 2. The van der Waals surface area contributed by atoms with Gasteiger partial charge in [-0.1, -0.05) is 19.1 Å². The van der Waals surface area contributed by atoms with Crippen LogP contribution in [0.4, 0.5) is 11.6 Å². The van der Waals surface area contributed by atoms with Crippen molar-refractivity contribution in [3.63, 3.8) is 0 Å². The fourth-order valence-corrected chi connectivity index (χ4v) is 5.88. The predicted octanol–water partition coefficient (Wildman–Crippen LogP) is 3.57. The number of nitrogens with one attached hydrogen (secondary N) is 2. The molecule has 1 amide bonds. The Balaban J connectivity index is 1.38. The number of carbonyl (C=O) groups is 2. The number of nitrogens with zero attached hydrogens (tertiary/aromatic N) is 4. The highest BCUT2D eigenvalue weighted by atomic mass is 16.5. The van der Waals surface area contributed by atoms with Crippen LogP contribution in [0.5, 0.6) is 0 Å². The molecule has 0 unspecified atom stereocenters. The van der Waals surface area contributed by atoms with Crippen LogP contribution < -0.4 is 16.4 Å². The molecule has 4 aromatic rings. The molecule has 0 aliphatic carbocycles. The summed E-state index contributed by atoms with van der Waals surface area (Å²) in [4.78, 5) is 40.2. The van der Waals surface area contributed by atoms with Gasteiger partial charge in [0.05, 0.1) is 24.0 Å². The third-order valence-corrected chi connectivity index (χ3v) is 8.18. The van der Waals surface area contributed by atoms with E-state index in [0.29, 0.717) is 54.4 Å². The molecule has 1 atom stereocenters. The highest BCUT2D eigenvalue weighted by Crippen LogP contribution is 2.43. The molecule has 206 valence electrons. The van der Waals surface area contributed by atoms with E-state index in [2.05, 4.69) is 32.5 Å². The van der Waals surface area contributed by atoms with Crippen molar-refractivity contribution in [3.05, 3.63) is 66.2 Å². The maximum atomic E-state index is 14.1. The second-order valence-corrected chi connectivity index (χ2v) is 11.0. The molecule has 4 N–H and O–H groups in total. The number of carbonyl (C=O) groups excluding carboxylic acids is 2. The Morgan fingerprint density at radius 1 is 1.15 bits per heavy atom. The van der Waals surface area contributed by atoms with Gasteiger partial charge in [-0.3, -0.25) is 9.59 Å². The molecule has 2 aliphatic heterocycles. The molecule has 0 bridgehead atoms. The Bertz CT molecular complexity index is 1580. The number of amides is 1. The highest BCUT2D eigenvalue weighted by molar-refractivity contribution is 6.05. The first-order valence-corrected chi connectivity index (χ1v) is 13.7. The first-order chi connectivity index (χ1) is 19.3. The van der Waals surface area contributed by atoms with Gasteiger partial charge < -0.3 is 25.7 Å². The van der Waals surface area contributed by atoms with Crippen molar-refractivity contribution in [1.82, 2.24) is 24.8 Å². The van der Waals surface area contributed by atoms with Crippen molar-refractivity contribution >= 4 is 34.4 Å². The van der Waals surface area contributed by atoms with Crippen molar-refractivity contribution in [3.8, 4) is 11.1 Å². The molecule has 10 heteroatoms. The molecule has 5 heterocycles. The third-order valence-electron chi connectivity index (χ3n) is 8.18. The summed E-state index contributed by atoms with van der Waals surface area (Å²) in [6.07, 6.45) is 7.51. The molecule has 0 radical (unpaired) electrons. The summed E-state index contributed by atoms with van der Waals surface area (Å²) in [6, 6.07) is 11.1. The van der Waals surface area contributed by atoms with E-state index in [-0.39, 0.29) is 11.7 Å². The van der Waals surface area contributed by atoms with Crippen LogP contribution in [0.15, 0.2) is 55.1 Å². The van der Waals surface area contributed by atoms with Gasteiger partial charge in [-0.25, -0.2) is 15.0 Å². The Kier molecular flexibility index (Phi) is 6.59. The number of piperidine rings is 1. The van der Waals surface area contributed by atoms with Gasteiger partial charge in [0, 0.05) is 30.1 Å². The van der Waals surface area contributed by atoms with Gasteiger partial charge in [0.15, 0.2) is 5.78 Å². The SMILES string of the molecule is CCc1ccnc(NC(=O)c2ccc(-c3cn([C@]4(C(=O)C5(C)COC5)CCCNC4)c4ncnc(N)c34)cc2)c1. The van der Waals surface area contributed by atoms with E-state index < -0.39 is 11.0 Å². The summed E-state index contributed by atoms with van der Waals surface area (Å²) in [5.41, 5.74) is 8.91. The van der Waals surface area contributed by atoms with Crippen LogP contribution in [0.2, 0.25) is 0 Å². The normalized spacial score (nSPS) is 20.1. The maximum absolute atomic E-state index is 14.1. The Morgan fingerprint density at radius 3 is 2.62 bits per heavy atom. The number of nitrogen functional groups attached to an aromatic ring is 1. The second kappa shape index (κ2) is 10.1. The zero-order valence-corrected chi connectivity index (χ0v) is 22.7. The smallest absolute Gasteiger partial charge is 0.256 e.